The van der Waals surface area contributed by atoms with Crippen molar-refractivity contribution in [1.82, 2.24) is 10.3 Å². The molecule has 2 rings (SSSR count). The third-order valence-corrected chi connectivity index (χ3v) is 6.27. The van der Waals surface area contributed by atoms with Crippen LogP contribution < -0.4 is 5.32 Å². The molecule has 0 amide bonds. The number of thiophene rings is 1. The van der Waals surface area contributed by atoms with Crippen LogP contribution in [-0.2, 0) is 0 Å². The molecule has 0 aliphatic rings. The zero-order chi connectivity index (χ0) is 14.7. The second-order valence-corrected chi connectivity index (χ2v) is 8.24. The Morgan fingerprint density at radius 3 is 2.65 bits per heavy atom. The topological polar surface area (TPSA) is 24.9 Å². The standard InChI is InChI=1S/C15H21BrN2S2/c1-5-6-17-14(13-7-11(16)10(4)20-13)15-18-12(8-19-15)9(2)3/h7-9,14,17H,5-6H2,1-4H3. The predicted octanol–water partition coefficient (Wildman–Crippen LogP) is 5.49. The van der Waals surface area contributed by atoms with Crippen LogP contribution in [-0.4, -0.2) is 11.5 Å². The van der Waals surface area contributed by atoms with Crippen LogP contribution in [0.3, 0.4) is 0 Å². The molecule has 0 saturated heterocycles. The van der Waals surface area contributed by atoms with E-state index in [2.05, 4.69) is 60.4 Å². The van der Waals surface area contributed by atoms with Gasteiger partial charge < -0.3 is 5.32 Å². The van der Waals surface area contributed by atoms with Crippen LogP contribution in [0.1, 0.15) is 59.6 Å². The van der Waals surface area contributed by atoms with E-state index in [1.54, 1.807) is 11.3 Å². The number of aryl methyl sites for hydroxylation is 1. The average molecular weight is 373 g/mol. The molecule has 1 atom stereocenters. The van der Waals surface area contributed by atoms with E-state index in [1.165, 1.54) is 24.9 Å². The quantitative estimate of drug-likeness (QED) is 0.724. The minimum atomic E-state index is 0.224. The number of nitrogens with one attached hydrogen (secondary N) is 1. The maximum absolute atomic E-state index is 4.83. The number of hydrogen-bond acceptors (Lipinski definition) is 4. The molecule has 5 heteroatoms. The molecule has 0 aliphatic heterocycles. The van der Waals surface area contributed by atoms with E-state index in [0.717, 1.165) is 13.0 Å². The molecule has 0 bridgehead atoms. The number of rotatable bonds is 6. The molecule has 0 radical (unpaired) electrons. The molecule has 2 aromatic rings. The van der Waals surface area contributed by atoms with Crippen LogP contribution >= 0.6 is 38.6 Å². The molecule has 20 heavy (non-hydrogen) atoms. The lowest BCUT2D eigenvalue weighted by Crippen LogP contribution is -2.22. The minimum absolute atomic E-state index is 0.224. The SMILES string of the molecule is CCCNC(c1cc(Br)c(C)s1)c1nc(C(C)C)cs1. The van der Waals surface area contributed by atoms with E-state index in [1.807, 2.05) is 11.3 Å². The maximum atomic E-state index is 4.83. The van der Waals surface area contributed by atoms with Crippen molar-refractivity contribution in [2.24, 2.45) is 0 Å². The van der Waals surface area contributed by atoms with Crippen LogP contribution in [0.2, 0.25) is 0 Å². The van der Waals surface area contributed by atoms with Crippen LogP contribution in [0.15, 0.2) is 15.9 Å². The third kappa shape index (κ3) is 3.70. The van der Waals surface area contributed by atoms with Gasteiger partial charge in [0.1, 0.15) is 5.01 Å². The summed E-state index contributed by atoms with van der Waals surface area (Å²) in [6.07, 6.45) is 1.13. The van der Waals surface area contributed by atoms with Gasteiger partial charge in [-0.15, -0.1) is 22.7 Å². The monoisotopic (exact) mass is 372 g/mol. The van der Waals surface area contributed by atoms with Crippen molar-refractivity contribution in [3.8, 4) is 0 Å². The summed E-state index contributed by atoms with van der Waals surface area (Å²) >= 11 is 7.23. The van der Waals surface area contributed by atoms with Gasteiger partial charge in [-0.1, -0.05) is 20.8 Å². The second-order valence-electron chi connectivity index (χ2n) is 5.21. The van der Waals surface area contributed by atoms with E-state index in [4.69, 9.17) is 4.98 Å². The number of nitrogens with zero attached hydrogens (tertiary/aromatic N) is 1. The van der Waals surface area contributed by atoms with E-state index in [-0.39, 0.29) is 6.04 Å². The highest BCUT2D eigenvalue weighted by atomic mass is 79.9. The smallest absolute Gasteiger partial charge is 0.115 e. The molecule has 0 aromatic carbocycles. The highest BCUT2D eigenvalue weighted by molar-refractivity contribution is 9.10. The summed E-state index contributed by atoms with van der Waals surface area (Å²) in [5.74, 6) is 0.489. The summed E-state index contributed by atoms with van der Waals surface area (Å²) in [7, 11) is 0. The van der Waals surface area contributed by atoms with Crippen LogP contribution in [0.4, 0.5) is 0 Å². The molecule has 1 N–H and O–H groups in total. The van der Waals surface area contributed by atoms with Crippen molar-refractivity contribution in [2.45, 2.75) is 46.1 Å². The van der Waals surface area contributed by atoms with Gasteiger partial charge in [-0.3, -0.25) is 0 Å². The van der Waals surface area contributed by atoms with Gasteiger partial charge >= 0.3 is 0 Å². The molecule has 1 unspecified atom stereocenters. The molecule has 0 fully saturated rings. The predicted molar refractivity (Wildman–Crippen MR) is 93.1 cm³/mol. The summed E-state index contributed by atoms with van der Waals surface area (Å²) in [6, 6.07) is 2.45. The Kier molecular flexibility index (Phi) is 5.78. The summed E-state index contributed by atoms with van der Waals surface area (Å²) in [6.45, 7) is 9.74. The Bertz CT molecular complexity index is 540. The van der Waals surface area contributed by atoms with Crippen LogP contribution in [0, 0.1) is 6.92 Å². The molecular formula is C15H21BrN2S2. The zero-order valence-corrected chi connectivity index (χ0v) is 15.6. The Morgan fingerprint density at radius 1 is 1.40 bits per heavy atom. The summed E-state index contributed by atoms with van der Waals surface area (Å²) in [5.41, 5.74) is 1.20. The number of halogens is 1. The first kappa shape index (κ1) is 16.1. The highest BCUT2D eigenvalue weighted by Crippen LogP contribution is 2.35. The molecule has 2 nitrogen and oxygen atoms in total. The van der Waals surface area contributed by atoms with E-state index < -0.39 is 0 Å². The molecule has 2 heterocycles. The maximum Gasteiger partial charge on any atom is 0.115 e. The van der Waals surface area contributed by atoms with Gasteiger partial charge in [0.15, 0.2) is 0 Å². The molecule has 0 spiro atoms. The Hall–Kier alpha value is -0.230. The fraction of sp³-hybridized carbons (Fsp3) is 0.533. The van der Waals surface area contributed by atoms with Crippen molar-refractivity contribution in [2.75, 3.05) is 6.54 Å². The number of aromatic nitrogens is 1. The number of hydrogen-bond donors (Lipinski definition) is 1. The van der Waals surface area contributed by atoms with Gasteiger partial charge in [-0.25, -0.2) is 4.98 Å². The van der Waals surface area contributed by atoms with Gasteiger partial charge in [0, 0.05) is 19.6 Å². The minimum Gasteiger partial charge on any atom is -0.304 e. The first-order valence-corrected chi connectivity index (χ1v) is 9.46. The molecular weight excluding hydrogens is 352 g/mol. The van der Waals surface area contributed by atoms with Crippen LogP contribution in [0.25, 0.3) is 0 Å². The largest absolute Gasteiger partial charge is 0.304 e. The van der Waals surface area contributed by atoms with Crippen molar-refractivity contribution >= 4 is 38.6 Å². The van der Waals surface area contributed by atoms with Crippen LogP contribution in [0.5, 0.6) is 0 Å². The van der Waals surface area contributed by atoms with Gasteiger partial charge in [0.2, 0.25) is 0 Å². The summed E-state index contributed by atoms with van der Waals surface area (Å²) in [4.78, 5) is 7.49. The Labute approximate surface area is 137 Å². The molecule has 2 aromatic heterocycles. The van der Waals surface area contributed by atoms with Crippen molar-refractivity contribution in [3.63, 3.8) is 0 Å². The first-order chi connectivity index (χ1) is 9.52. The number of thiazole rings is 1. The lowest BCUT2D eigenvalue weighted by Gasteiger charge is -2.14. The highest BCUT2D eigenvalue weighted by Gasteiger charge is 2.20. The van der Waals surface area contributed by atoms with E-state index >= 15 is 0 Å². The van der Waals surface area contributed by atoms with E-state index in [9.17, 15) is 0 Å². The van der Waals surface area contributed by atoms with Crippen molar-refractivity contribution in [3.05, 3.63) is 36.4 Å². The van der Waals surface area contributed by atoms with Gasteiger partial charge in [-0.05, 0) is 47.8 Å². The lowest BCUT2D eigenvalue weighted by molar-refractivity contribution is 0.600. The molecule has 0 aliphatic carbocycles. The van der Waals surface area contributed by atoms with E-state index in [0.29, 0.717) is 5.92 Å². The third-order valence-electron chi connectivity index (χ3n) is 3.14. The normalized spacial score (nSPS) is 13.1. The summed E-state index contributed by atoms with van der Waals surface area (Å²) < 4.78 is 1.20. The van der Waals surface area contributed by atoms with Crippen molar-refractivity contribution in [1.29, 1.82) is 0 Å². The molecule has 0 saturated carbocycles. The van der Waals surface area contributed by atoms with Gasteiger partial charge in [0.05, 0.1) is 11.7 Å². The first-order valence-electron chi connectivity index (χ1n) is 6.97. The van der Waals surface area contributed by atoms with Crippen molar-refractivity contribution < 1.29 is 0 Å². The fourth-order valence-electron chi connectivity index (χ4n) is 1.92. The molecule has 110 valence electrons. The average Bonchev–Trinajstić information content (AvgIpc) is 2.99. The fourth-order valence-corrected chi connectivity index (χ4v) is 4.71. The zero-order valence-electron chi connectivity index (χ0n) is 12.4. The Morgan fingerprint density at radius 2 is 2.15 bits per heavy atom. The summed E-state index contributed by atoms with van der Waals surface area (Å²) in [5, 5.41) is 7.00. The Balaban J connectivity index is 2.30. The second kappa shape index (κ2) is 7.16. The van der Waals surface area contributed by atoms with Gasteiger partial charge in [0.25, 0.3) is 0 Å². The van der Waals surface area contributed by atoms with Gasteiger partial charge in [-0.2, -0.15) is 0 Å². The lowest BCUT2D eigenvalue weighted by atomic mass is 10.1.